The van der Waals surface area contributed by atoms with E-state index in [-0.39, 0.29) is 37.3 Å². The maximum absolute atomic E-state index is 9.83. The minimum Gasteiger partial charge on any atom is -0.509 e. The van der Waals surface area contributed by atoms with E-state index in [0.717, 1.165) is 50.4 Å². The molecule has 6 nitrogen and oxygen atoms in total. The number of hydrogen-bond acceptors (Lipinski definition) is 5. The Morgan fingerprint density at radius 3 is 2.02 bits per heavy atom. The molecule has 0 atom stereocenters. The van der Waals surface area contributed by atoms with Crippen molar-refractivity contribution >= 4 is 57.8 Å². The van der Waals surface area contributed by atoms with Gasteiger partial charge in [-0.1, -0.05) is 135 Å². The summed E-state index contributed by atoms with van der Waals surface area (Å²) in [5.41, 5.74) is 12.5. The Balaban J connectivity index is 0.00000592. The van der Waals surface area contributed by atoms with Crippen molar-refractivity contribution in [2.24, 2.45) is 0 Å². The number of nitriles is 1. The van der Waals surface area contributed by atoms with Gasteiger partial charge in [-0.3, -0.25) is 0 Å². The largest absolute Gasteiger partial charge is 0.509 e. The van der Waals surface area contributed by atoms with Crippen molar-refractivity contribution < 1.29 is 25.8 Å². The van der Waals surface area contributed by atoms with Crippen LogP contribution in [0.1, 0.15) is 84.6 Å². The molecule has 8 aromatic rings. The van der Waals surface area contributed by atoms with E-state index >= 15 is 0 Å². The summed E-state index contributed by atoms with van der Waals surface area (Å²) in [7, 11) is -1.59. The van der Waals surface area contributed by atoms with Crippen molar-refractivity contribution in [1.82, 2.24) is 9.55 Å². The molecule has 0 bridgehead atoms. The molecule has 0 spiro atoms. The van der Waals surface area contributed by atoms with Gasteiger partial charge in [0.1, 0.15) is 5.82 Å². The van der Waals surface area contributed by atoms with Crippen LogP contribution in [0.3, 0.4) is 0 Å². The van der Waals surface area contributed by atoms with Crippen LogP contribution in [0, 0.1) is 30.1 Å². The Labute approximate surface area is 407 Å². The van der Waals surface area contributed by atoms with Crippen LogP contribution in [0.4, 0.5) is 22.7 Å². The number of nitrogens with zero attached hydrogens (tertiary/aromatic N) is 5. The zero-order valence-corrected chi connectivity index (χ0v) is 43.4. The van der Waals surface area contributed by atoms with Gasteiger partial charge in [-0.05, 0) is 92.4 Å². The number of anilines is 4. The Hall–Kier alpha value is -5.93. The Morgan fingerprint density at radius 1 is 0.652 bits per heavy atom. The summed E-state index contributed by atoms with van der Waals surface area (Å²) < 4.78 is 8.81. The number of ether oxygens (including phenoxy) is 1. The van der Waals surface area contributed by atoms with Gasteiger partial charge in [-0.2, -0.15) is 17.4 Å². The van der Waals surface area contributed by atoms with Crippen molar-refractivity contribution in [2.75, 3.05) is 9.80 Å². The van der Waals surface area contributed by atoms with E-state index in [0.29, 0.717) is 17.1 Å². The smallest absolute Gasteiger partial charge is 0.135 e. The van der Waals surface area contributed by atoms with Crippen LogP contribution in [-0.2, 0) is 37.3 Å². The number of aromatic nitrogens is 2. The molecule has 66 heavy (non-hydrogen) atoms. The topological polar surface area (TPSA) is 57.3 Å². The second-order valence-electron chi connectivity index (χ2n) is 21.5. The van der Waals surface area contributed by atoms with E-state index in [9.17, 15) is 5.26 Å². The number of hydrogen-bond donors (Lipinski definition) is 0. The van der Waals surface area contributed by atoms with Crippen molar-refractivity contribution in [3.05, 3.63) is 169 Å². The fourth-order valence-electron chi connectivity index (χ4n) is 8.66. The first-order valence-electron chi connectivity index (χ1n) is 22.6. The van der Waals surface area contributed by atoms with Gasteiger partial charge in [0.25, 0.3) is 0 Å². The Morgan fingerprint density at radius 2 is 1.33 bits per heavy atom. The molecular formula is C58H58N5OPtSi-3. The van der Waals surface area contributed by atoms with Crippen LogP contribution in [-0.4, -0.2) is 17.6 Å². The fraction of sp³-hybridized carbons (Fsp3) is 0.259. The van der Waals surface area contributed by atoms with Gasteiger partial charge in [-0.25, -0.2) is 4.98 Å². The van der Waals surface area contributed by atoms with Crippen molar-refractivity contribution in [2.45, 2.75) is 98.2 Å². The van der Waals surface area contributed by atoms with E-state index in [1.165, 1.54) is 33.0 Å². The van der Waals surface area contributed by atoms with E-state index in [1.807, 2.05) is 42.6 Å². The van der Waals surface area contributed by atoms with Crippen molar-refractivity contribution in [3.63, 3.8) is 0 Å². The van der Waals surface area contributed by atoms with Crippen LogP contribution in [0.5, 0.6) is 11.5 Å². The third-order valence-electron chi connectivity index (χ3n) is 12.6. The predicted molar refractivity (Wildman–Crippen MR) is 273 cm³/mol. The number of pyridine rings is 1. The van der Waals surface area contributed by atoms with Crippen LogP contribution in [0.15, 0.2) is 128 Å². The van der Waals surface area contributed by atoms with Crippen LogP contribution in [0.25, 0.3) is 38.8 Å². The molecule has 0 amide bonds. The van der Waals surface area contributed by atoms with Crippen LogP contribution < -0.4 is 19.7 Å². The van der Waals surface area contributed by atoms with E-state index in [4.69, 9.17) is 9.72 Å². The van der Waals surface area contributed by atoms with E-state index in [2.05, 4.69) is 206 Å². The monoisotopic (exact) mass is 1060 g/mol. The maximum atomic E-state index is 9.83. The number of rotatable bonds is 7. The molecule has 6 aromatic carbocycles. The molecule has 0 unspecified atom stereocenters. The average Bonchev–Trinajstić information content (AvgIpc) is 3.81. The quantitative estimate of drug-likeness (QED) is 0.118. The molecular weight excluding hydrogens is 1010 g/mol. The Bertz CT molecular complexity index is 3160. The second-order valence-corrected chi connectivity index (χ2v) is 26.6. The van der Waals surface area contributed by atoms with Crippen LogP contribution >= 0.6 is 0 Å². The summed E-state index contributed by atoms with van der Waals surface area (Å²) in [6.07, 6.45) is 1.87. The number of benzene rings is 6. The molecule has 8 heteroatoms. The third kappa shape index (κ3) is 8.86. The second kappa shape index (κ2) is 17.1. The first-order chi connectivity index (χ1) is 30.7. The minimum atomic E-state index is -1.59. The summed E-state index contributed by atoms with van der Waals surface area (Å²) in [5, 5.41) is 13.2. The molecule has 0 saturated heterocycles. The van der Waals surface area contributed by atoms with Gasteiger partial charge < -0.3 is 19.1 Å². The SMILES string of the molecule is CC(C)(C)c1cc(N2[CH-]N(c3[c-]c(Oc4[c-]c5c(cc4)c4cc(C#N)ccc4n5-c4cc(C(C)(C)C)ccn4)ccc3)c3cccc(-c4cccc([Si](C)(C)C)c4)c32)cc(C(C)(C)C)c1.[Pt]. The molecule has 0 aliphatic carbocycles. The molecule has 1 aliphatic rings. The first-order valence-corrected chi connectivity index (χ1v) is 26.1. The first kappa shape index (κ1) is 46.6. The molecule has 2 aromatic heterocycles. The molecule has 9 rings (SSSR count). The van der Waals surface area contributed by atoms with Gasteiger partial charge in [0.2, 0.25) is 0 Å². The summed E-state index contributed by atoms with van der Waals surface area (Å²) in [6, 6.07) is 52.5. The molecule has 0 N–H and O–H groups in total. The normalized spacial score (nSPS) is 13.2. The molecule has 0 radical (unpaired) electrons. The maximum Gasteiger partial charge on any atom is 0.135 e. The molecule has 0 saturated carbocycles. The molecule has 338 valence electrons. The van der Waals surface area contributed by atoms with Crippen LogP contribution in [0.2, 0.25) is 19.6 Å². The molecule has 0 fully saturated rings. The minimum absolute atomic E-state index is 0. The summed E-state index contributed by atoms with van der Waals surface area (Å²) in [4.78, 5) is 9.46. The Kier molecular flexibility index (Phi) is 12.0. The van der Waals surface area contributed by atoms with Crippen molar-refractivity contribution in [1.29, 1.82) is 5.26 Å². The van der Waals surface area contributed by atoms with E-state index in [1.54, 1.807) is 0 Å². The zero-order valence-electron chi connectivity index (χ0n) is 40.2. The van der Waals surface area contributed by atoms with Gasteiger partial charge in [0.05, 0.1) is 19.7 Å². The van der Waals surface area contributed by atoms with Gasteiger partial charge in [0, 0.05) is 66.9 Å². The van der Waals surface area contributed by atoms with Gasteiger partial charge in [0.15, 0.2) is 0 Å². The average molecular weight is 1060 g/mol. The summed E-state index contributed by atoms with van der Waals surface area (Å²) in [6.45, 7) is 29.8. The number of fused-ring (bicyclic) bond motifs is 4. The standard InChI is InChI=1S/C58H58N5OSi.Pt/c1-56(2,3)40-26-27-60-54(33-40)63-51-25-22-38(36-59)28-50(51)49-24-23-46(35-53(49)63)64-45-18-14-17-43(34-45)61-37-62(44-31-41(57(4,5)6)30-42(32-44)58(7,8)9)55-48(20-15-21-52(55)61)39-16-13-19-47(29-39)65(10,11)12;/h13-33,37H,1-12H3;/q-3;. The summed E-state index contributed by atoms with van der Waals surface area (Å²) >= 11 is 0. The van der Waals surface area contributed by atoms with Gasteiger partial charge >= 0.3 is 0 Å². The molecule has 3 heterocycles. The van der Waals surface area contributed by atoms with Gasteiger partial charge in [-0.15, -0.1) is 48.1 Å². The number of para-hydroxylation sites is 1. The third-order valence-corrected chi connectivity index (χ3v) is 14.6. The zero-order chi connectivity index (χ0) is 46.2. The van der Waals surface area contributed by atoms with E-state index < -0.39 is 8.07 Å². The predicted octanol–water partition coefficient (Wildman–Crippen LogP) is 15.0. The van der Waals surface area contributed by atoms with Crippen molar-refractivity contribution in [3.8, 4) is 34.5 Å². The summed E-state index contributed by atoms with van der Waals surface area (Å²) in [5.74, 6) is 1.90. The molecule has 1 aliphatic heterocycles. The fourth-order valence-corrected chi connectivity index (χ4v) is 9.84.